The number of likely N-dealkylation sites (N-methyl/N-ethyl adjacent to an activating group) is 1. The van der Waals surface area contributed by atoms with Crippen LogP contribution in [0.3, 0.4) is 0 Å². The van der Waals surface area contributed by atoms with Crippen LogP contribution < -0.4 is 14.5 Å². The summed E-state index contributed by atoms with van der Waals surface area (Å²) in [4.78, 5) is 7.74. The van der Waals surface area contributed by atoms with Crippen molar-refractivity contribution in [1.29, 1.82) is 0 Å². The van der Waals surface area contributed by atoms with Gasteiger partial charge in [0, 0.05) is 0 Å². The van der Waals surface area contributed by atoms with E-state index in [4.69, 9.17) is 24.1 Å². The normalized spacial score (nSPS) is 19.1. The molecular formula is C39H55Cl2N4ORu+. The molecule has 1 unspecified atom stereocenters. The molecule has 0 amide bonds. The van der Waals surface area contributed by atoms with Crippen molar-refractivity contribution in [3.05, 3.63) is 87.5 Å². The van der Waals surface area contributed by atoms with Crippen LogP contribution in [-0.4, -0.2) is 83.4 Å². The zero-order valence-electron chi connectivity index (χ0n) is 30.1. The van der Waals surface area contributed by atoms with Crippen LogP contribution in [0, 0.1) is 41.5 Å². The van der Waals surface area contributed by atoms with E-state index >= 15 is 0 Å². The topological polar surface area (TPSA) is 19.0 Å². The Labute approximate surface area is 294 Å². The fraction of sp³-hybridized carbons (Fsp3) is 0.487. The third-order valence-corrected chi connectivity index (χ3v) is 15.2. The molecule has 8 heteroatoms. The van der Waals surface area contributed by atoms with Crippen molar-refractivity contribution >= 4 is 39.7 Å². The molecule has 2 heterocycles. The van der Waals surface area contributed by atoms with Gasteiger partial charge in [0.05, 0.1) is 0 Å². The summed E-state index contributed by atoms with van der Waals surface area (Å²) in [5.74, 6) is 0.818. The first-order valence-electron chi connectivity index (χ1n) is 17.0. The molecule has 2 saturated heterocycles. The van der Waals surface area contributed by atoms with E-state index in [2.05, 4.69) is 119 Å². The van der Waals surface area contributed by atoms with Crippen LogP contribution >= 0.6 is 19.4 Å². The third kappa shape index (κ3) is 7.89. The van der Waals surface area contributed by atoms with Crippen LogP contribution in [-0.2, 0) is 11.9 Å². The number of benzene rings is 3. The minimum atomic E-state index is -3.80. The zero-order valence-corrected chi connectivity index (χ0v) is 33.4. The minimum absolute atomic E-state index is 0.0416. The molecule has 3 aromatic carbocycles. The number of aryl methyl sites for hydroxylation is 6. The van der Waals surface area contributed by atoms with Crippen molar-refractivity contribution in [2.45, 2.75) is 74.5 Å². The van der Waals surface area contributed by atoms with E-state index in [9.17, 15) is 0 Å². The molecule has 2 fully saturated rings. The summed E-state index contributed by atoms with van der Waals surface area (Å²) < 4.78 is 10.6. The van der Waals surface area contributed by atoms with Gasteiger partial charge in [0.25, 0.3) is 0 Å². The van der Waals surface area contributed by atoms with Gasteiger partial charge >= 0.3 is 296 Å². The number of rotatable bonds is 8. The van der Waals surface area contributed by atoms with Gasteiger partial charge in [-0.15, -0.1) is 0 Å². The Morgan fingerprint density at radius 1 is 0.872 bits per heavy atom. The number of anilines is 2. The Balaban J connectivity index is 1.78. The molecule has 3 aromatic rings. The summed E-state index contributed by atoms with van der Waals surface area (Å²) in [5, 5.41) is 0. The molecule has 0 aliphatic carbocycles. The average molecular weight is 768 g/mol. The van der Waals surface area contributed by atoms with Gasteiger partial charge in [-0.05, 0) is 0 Å². The Hall–Kier alpha value is -2.08. The van der Waals surface area contributed by atoms with Crippen LogP contribution in [0.4, 0.5) is 11.4 Å². The summed E-state index contributed by atoms with van der Waals surface area (Å²) in [6, 6.07) is 17.5. The fourth-order valence-electron chi connectivity index (χ4n) is 7.52. The van der Waals surface area contributed by atoms with Crippen molar-refractivity contribution in [3.63, 3.8) is 0 Å². The number of hydrogen-bond acceptors (Lipinski definition) is 4. The number of quaternary nitrogens is 1. The molecule has 0 saturated carbocycles. The molecule has 258 valence electrons. The monoisotopic (exact) mass is 767 g/mol. The van der Waals surface area contributed by atoms with Gasteiger partial charge in [-0.1, -0.05) is 0 Å². The summed E-state index contributed by atoms with van der Waals surface area (Å²) >= 11 is -3.80. The second kappa shape index (κ2) is 14.4. The first-order valence-corrected chi connectivity index (χ1v) is 23.4. The van der Waals surface area contributed by atoms with Crippen molar-refractivity contribution in [2.75, 3.05) is 62.7 Å². The molecule has 0 bridgehead atoms. The molecule has 5 rings (SSSR count). The predicted octanol–water partition coefficient (Wildman–Crippen LogP) is 8.20. The first-order chi connectivity index (χ1) is 22.1. The molecule has 0 aromatic heterocycles. The van der Waals surface area contributed by atoms with Gasteiger partial charge < -0.3 is 0 Å². The summed E-state index contributed by atoms with van der Waals surface area (Å²) in [6.45, 7) is 27.2. The molecule has 0 radical (unpaired) electrons. The number of nitrogens with zero attached hydrogens (tertiary/aromatic N) is 4. The number of para-hydroxylation sites is 1. The molecule has 2 aliphatic heterocycles. The molecule has 2 aliphatic rings. The quantitative estimate of drug-likeness (QED) is 0.170. The van der Waals surface area contributed by atoms with E-state index in [0.717, 1.165) is 46.3 Å². The van der Waals surface area contributed by atoms with Crippen molar-refractivity contribution in [1.82, 2.24) is 4.90 Å². The SMILES string of the molecule is CC[N+]1(C)CCN(CC2CN(c3c(C)cc(C)cc3C)[C](=[Ru]([Cl])([Cl])=[CH]c3ccccc3OC(C)C)N2c2c(C)cc(C)cc2C)CC1. The Morgan fingerprint density at radius 3 is 1.94 bits per heavy atom. The number of piperazine rings is 1. The van der Waals surface area contributed by atoms with Crippen LogP contribution in [0.1, 0.15) is 59.7 Å². The summed E-state index contributed by atoms with van der Waals surface area (Å²) in [7, 11) is 18.2. The maximum atomic E-state index is 7.90. The van der Waals surface area contributed by atoms with E-state index in [1.807, 2.05) is 18.2 Å². The van der Waals surface area contributed by atoms with E-state index in [-0.39, 0.29) is 12.1 Å². The fourth-order valence-corrected chi connectivity index (χ4v) is 13.5. The Kier molecular flexibility index (Phi) is 11.1. The average Bonchev–Trinajstić information content (AvgIpc) is 3.32. The molecule has 0 spiro atoms. The summed E-state index contributed by atoms with van der Waals surface area (Å²) in [6.07, 6.45) is 0.0416. The maximum absolute atomic E-state index is 7.90. The van der Waals surface area contributed by atoms with Crippen LogP contribution in [0.5, 0.6) is 5.75 Å². The molecule has 0 N–H and O–H groups in total. The number of ether oxygens (including phenoxy) is 1. The molecule has 5 nitrogen and oxygen atoms in total. The van der Waals surface area contributed by atoms with Crippen molar-refractivity contribution in [3.8, 4) is 5.75 Å². The molecular weight excluding hydrogens is 712 g/mol. The van der Waals surface area contributed by atoms with Gasteiger partial charge in [-0.2, -0.15) is 0 Å². The Bertz CT molecular complexity index is 1700. The van der Waals surface area contributed by atoms with Gasteiger partial charge in [-0.3, -0.25) is 0 Å². The van der Waals surface area contributed by atoms with E-state index in [0.29, 0.717) is 0 Å². The van der Waals surface area contributed by atoms with Gasteiger partial charge in [-0.25, -0.2) is 0 Å². The molecule has 1 atom stereocenters. The van der Waals surface area contributed by atoms with E-state index in [1.54, 1.807) is 0 Å². The second-order valence-electron chi connectivity index (χ2n) is 14.3. The van der Waals surface area contributed by atoms with Gasteiger partial charge in [0.2, 0.25) is 0 Å². The van der Waals surface area contributed by atoms with Crippen LogP contribution in [0.2, 0.25) is 0 Å². The standard InChI is InChI=1S/C29H43N4.C10H12O.2ClH.Ru/c1-9-33(8)12-10-30(11-13-33)18-27-19-31(28-23(4)14-21(2)15-24(28)5)20-32(27)29-25(6)16-22(3)17-26(29)7;1-8(2)11-10-7-5-4-6-9(10)3;;;/h14-17,27H,9-13,18-19H2,1-8H3;3-8H,1-2H3;2*1H;/q+1;;;;+2/p-2. The predicted molar refractivity (Wildman–Crippen MR) is 202 cm³/mol. The van der Waals surface area contributed by atoms with Crippen molar-refractivity contribution < 1.29 is 21.1 Å². The van der Waals surface area contributed by atoms with Crippen LogP contribution in [0.15, 0.2) is 48.5 Å². The number of halogens is 2. The van der Waals surface area contributed by atoms with Crippen molar-refractivity contribution in [2.24, 2.45) is 0 Å². The van der Waals surface area contributed by atoms with E-state index in [1.165, 1.54) is 64.4 Å². The summed E-state index contributed by atoms with van der Waals surface area (Å²) in [5.41, 5.74) is 11.0. The second-order valence-corrected chi connectivity index (χ2v) is 23.6. The first kappa shape index (κ1) is 36.2. The third-order valence-electron chi connectivity index (χ3n) is 9.82. The van der Waals surface area contributed by atoms with Gasteiger partial charge in [0.15, 0.2) is 0 Å². The van der Waals surface area contributed by atoms with E-state index < -0.39 is 11.9 Å². The number of hydrogen-bond donors (Lipinski definition) is 0. The van der Waals surface area contributed by atoms with Gasteiger partial charge in [0.1, 0.15) is 0 Å². The van der Waals surface area contributed by atoms with Crippen LogP contribution in [0.25, 0.3) is 0 Å². The molecule has 47 heavy (non-hydrogen) atoms. The zero-order chi connectivity index (χ0) is 34.3. The Morgan fingerprint density at radius 2 is 1.40 bits per heavy atom.